The first-order valence-electron chi connectivity index (χ1n) is 23.3. The Morgan fingerprint density at radius 2 is 0.945 bits per heavy atom. The molecule has 1 aromatic carbocycles. The normalized spacial score (nSPS) is 11.8. The summed E-state index contributed by atoms with van der Waals surface area (Å²) in [5.74, 6) is 0.197. The van der Waals surface area contributed by atoms with Gasteiger partial charge in [0.1, 0.15) is 13.2 Å². The number of hydrogen-bond acceptors (Lipinski definition) is 5. The lowest BCUT2D eigenvalue weighted by atomic mass is 9.91. The van der Waals surface area contributed by atoms with Crippen LogP contribution >= 0.6 is 0 Å². The molecule has 0 atom stereocenters. The molecule has 0 fully saturated rings. The second-order valence-electron chi connectivity index (χ2n) is 16.6. The molecular weight excluding hydrogens is 679 g/mol. The van der Waals surface area contributed by atoms with Gasteiger partial charge >= 0.3 is 11.9 Å². The number of nitrogens with zero attached hydrogens (tertiary/aromatic N) is 1. The van der Waals surface area contributed by atoms with Gasteiger partial charge < -0.3 is 14.4 Å². The van der Waals surface area contributed by atoms with Crippen molar-refractivity contribution in [3.8, 4) is 0 Å². The zero-order chi connectivity index (χ0) is 40.0. The molecule has 0 saturated heterocycles. The highest BCUT2D eigenvalue weighted by molar-refractivity contribution is 5.70. The predicted molar refractivity (Wildman–Crippen MR) is 236 cm³/mol. The maximum atomic E-state index is 13.1. The number of carbonyl (C=O) groups excluding carboxylic acids is 2. The van der Waals surface area contributed by atoms with E-state index in [0.29, 0.717) is 18.8 Å². The number of allylic oxidation sites excluding steroid dienone is 4. The minimum absolute atomic E-state index is 0.0861. The Kier molecular flexibility index (Phi) is 34.2. The topological polar surface area (TPSA) is 55.8 Å². The van der Waals surface area contributed by atoms with Crippen molar-refractivity contribution in [2.24, 2.45) is 5.92 Å². The van der Waals surface area contributed by atoms with Gasteiger partial charge in [0.05, 0.1) is 0 Å². The van der Waals surface area contributed by atoms with Crippen LogP contribution in [0.1, 0.15) is 224 Å². The van der Waals surface area contributed by atoms with E-state index in [1.807, 2.05) is 20.2 Å². The van der Waals surface area contributed by atoms with Crippen molar-refractivity contribution < 1.29 is 19.1 Å². The number of esters is 2. The van der Waals surface area contributed by atoms with E-state index in [1.165, 1.54) is 141 Å². The van der Waals surface area contributed by atoms with Crippen LogP contribution in [0.5, 0.6) is 0 Å². The average molecular weight is 766 g/mol. The Bertz CT molecular complexity index is 1090. The van der Waals surface area contributed by atoms with Crippen LogP contribution in [0, 0.1) is 5.92 Å². The van der Waals surface area contributed by atoms with Gasteiger partial charge in [-0.05, 0) is 94.1 Å². The Balaban J connectivity index is 2.43. The second-order valence-corrected chi connectivity index (χ2v) is 16.6. The van der Waals surface area contributed by atoms with E-state index in [1.54, 1.807) is 0 Å². The first-order chi connectivity index (χ1) is 26.9. The van der Waals surface area contributed by atoms with Crippen molar-refractivity contribution in [3.05, 3.63) is 59.2 Å². The third-order valence-corrected chi connectivity index (χ3v) is 10.6. The van der Waals surface area contributed by atoms with Gasteiger partial charge in [0.2, 0.25) is 0 Å². The Morgan fingerprint density at radius 1 is 0.527 bits per heavy atom. The molecule has 0 spiro atoms. The fourth-order valence-electron chi connectivity index (χ4n) is 7.37. The molecule has 0 N–H and O–H groups in total. The Hall–Kier alpha value is -2.40. The molecule has 0 aliphatic heterocycles. The largest absolute Gasteiger partial charge is 0.461 e. The molecule has 0 unspecified atom stereocenters. The highest BCUT2D eigenvalue weighted by atomic mass is 16.5. The van der Waals surface area contributed by atoms with Crippen LogP contribution < -0.4 is 0 Å². The standard InChI is InChI=1S/C50H87NO4/c1-6-9-12-15-18-19-20-21-22-23-24-25-26-27-28-31-34-37-49(52)54-43-47-38-46(42-51(4)5)39-48(40-47)44-55-50(53)41-45(35-32-29-16-13-10-7-2)36-33-30-17-14-11-8-3/h18-19,21-22,38-40,45H,6-17,20,23-37,41-44H2,1-5H3/b19-18-,22-21-. The van der Waals surface area contributed by atoms with E-state index in [-0.39, 0.29) is 25.2 Å². The van der Waals surface area contributed by atoms with Crippen molar-refractivity contribution >= 4 is 11.9 Å². The molecule has 1 aromatic rings. The van der Waals surface area contributed by atoms with E-state index < -0.39 is 0 Å². The lowest BCUT2D eigenvalue weighted by Gasteiger charge is -2.17. The number of carbonyl (C=O) groups is 2. The molecule has 0 aliphatic rings. The van der Waals surface area contributed by atoms with Gasteiger partial charge in [-0.3, -0.25) is 9.59 Å². The van der Waals surface area contributed by atoms with Crippen molar-refractivity contribution in [2.75, 3.05) is 14.1 Å². The van der Waals surface area contributed by atoms with Crippen LogP contribution in [0.15, 0.2) is 42.5 Å². The molecule has 0 saturated carbocycles. The van der Waals surface area contributed by atoms with Gasteiger partial charge in [0.15, 0.2) is 0 Å². The first kappa shape index (κ1) is 50.6. The van der Waals surface area contributed by atoms with Crippen molar-refractivity contribution in [2.45, 2.75) is 227 Å². The van der Waals surface area contributed by atoms with Crippen LogP contribution in [-0.4, -0.2) is 30.9 Å². The molecule has 316 valence electrons. The van der Waals surface area contributed by atoms with Gasteiger partial charge in [-0.25, -0.2) is 0 Å². The summed E-state index contributed by atoms with van der Waals surface area (Å²) in [7, 11) is 4.10. The third kappa shape index (κ3) is 32.4. The molecule has 0 aromatic heterocycles. The molecule has 0 bridgehead atoms. The van der Waals surface area contributed by atoms with E-state index >= 15 is 0 Å². The molecule has 5 nitrogen and oxygen atoms in total. The van der Waals surface area contributed by atoms with Crippen LogP contribution in [-0.2, 0) is 38.8 Å². The van der Waals surface area contributed by atoms with E-state index in [0.717, 1.165) is 55.3 Å². The van der Waals surface area contributed by atoms with Crippen LogP contribution in [0.3, 0.4) is 0 Å². The first-order valence-corrected chi connectivity index (χ1v) is 23.3. The summed E-state index contributed by atoms with van der Waals surface area (Å²) in [6.45, 7) is 8.06. The van der Waals surface area contributed by atoms with Crippen LogP contribution in [0.2, 0.25) is 0 Å². The highest BCUT2D eigenvalue weighted by Gasteiger charge is 2.16. The second kappa shape index (κ2) is 37.2. The van der Waals surface area contributed by atoms with Gasteiger partial charge in [0, 0.05) is 19.4 Å². The molecular formula is C50H87NO4. The monoisotopic (exact) mass is 766 g/mol. The van der Waals surface area contributed by atoms with E-state index in [9.17, 15) is 9.59 Å². The van der Waals surface area contributed by atoms with Crippen molar-refractivity contribution in [1.29, 1.82) is 0 Å². The number of rotatable bonds is 38. The third-order valence-electron chi connectivity index (χ3n) is 10.6. The molecule has 0 aliphatic carbocycles. The minimum Gasteiger partial charge on any atom is -0.461 e. The van der Waals surface area contributed by atoms with Crippen LogP contribution in [0.4, 0.5) is 0 Å². The summed E-state index contributed by atoms with van der Waals surface area (Å²) in [5, 5.41) is 0. The summed E-state index contributed by atoms with van der Waals surface area (Å²) >= 11 is 0. The predicted octanol–water partition coefficient (Wildman–Crippen LogP) is 14.9. The van der Waals surface area contributed by atoms with Gasteiger partial charge in [-0.15, -0.1) is 0 Å². The summed E-state index contributed by atoms with van der Waals surface area (Å²) in [6.07, 6.45) is 43.5. The van der Waals surface area contributed by atoms with Gasteiger partial charge in [0.25, 0.3) is 0 Å². The van der Waals surface area contributed by atoms with Gasteiger partial charge in [-0.2, -0.15) is 0 Å². The summed E-state index contributed by atoms with van der Waals surface area (Å²) in [4.78, 5) is 27.9. The Labute approximate surface area is 340 Å². The van der Waals surface area contributed by atoms with Crippen molar-refractivity contribution in [1.82, 2.24) is 4.90 Å². The summed E-state index contributed by atoms with van der Waals surface area (Å²) in [6, 6.07) is 6.26. The number of hydrogen-bond donors (Lipinski definition) is 0. The number of benzene rings is 1. The molecule has 1 rings (SSSR count). The molecule has 5 heteroatoms. The quantitative estimate of drug-likeness (QED) is 0.0381. The number of unbranched alkanes of at least 4 members (excludes halogenated alkanes) is 20. The zero-order valence-corrected chi connectivity index (χ0v) is 36.8. The lowest BCUT2D eigenvalue weighted by molar-refractivity contribution is -0.146. The number of ether oxygens (including phenoxy) is 2. The lowest BCUT2D eigenvalue weighted by Crippen LogP contribution is -2.14. The molecule has 0 amide bonds. The highest BCUT2D eigenvalue weighted by Crippen LogP contribution is 2.24. The average Bonchev–Trinajstić information content (AvgIpc) is 3.16. The molecule has 55 heavy (non-hydrogen) atoms. The SMILES string of the molecule is CCCCC/C=C\C/C=C\CCCCCCCCCC(=O)OCc1cc(COC(=O)CC(CCCCCCCC)CCCCCCCC)cc(CN(C)C)c1. The van der Waals surface area contributed by atoms with Crippen LogP contribution in [0.25, 0.3) is 0 Å². The zero-order valence-electron chi connectivity index (χ0n) is 36.8. The molecule has 0 radical (unpaired) electrons. The maximum Gasteiger partial charge on any atom is 0.306 e. The Morgan fingerprint density at radius 3 is 1.47 bits per heavy atom. The fraction of sp³-hybridized carbons (Fsp3) is 0.760. The molecule has 0 heterocycles. The summed E-state index contributed by atoms with van der Waals surface area (Å²) in [5.41, 5.74) is 3.05. The maximum absolute atomic E-state index is 13.1. The minimum atomic E-state index is -0.129. The summed E-state index contributed by atoms with van der Waals surface area (Å²) < 4.78 is 11.6. The van der Waals surface area contributed by atoms with Gasteiger partial charge in [-0.1, -0.05) is 179 Å². The van der Waals surface area contributed by atoms with Crippen molar-refractivity contribution in [3.63, 3.8) is 0 Å². The smallest absolute Gasteiger partial charge is 0.306 e. The van der Waals surface area contributed by atoms with E-state index in [2.05, 4.69) is 62.1 Å². The van der Waals surface area contributed by atoms with E-state index in [4.69, 9.17) is 9.47 Å². The fourth-order valence-corrected chi connectivity index (χ4v) is 7.37.